The lowest BCUT2D eigenvalue weighted by atomic mass is 9.94. The number of rotatable bonds is 5. The number of anilines is 1. The molecule has 0 spiro atoms. The first-order valence-corrected chi connectivity index (χ1v) is 12.0. The van der Waals surface area contributed by atoms with Gasteiger partial charge in [0.15, 0.2) is 23.0 Å². The van der Waals surface area contributed by atoms with Crippen LogP contribution in [0.5, 0.6) is 23.0 Å². The maximum absolute atomic E-state index is 13.5. The Morgan fingerprint density at radius 1 is 0.946 bits per heavy atom. The molecule has 3 aromatic rings. The first kappa shape index (κ1) is 25.1. The summed E-state index contributed by atoms with van der Waals surface area (Å²) in [7, 11) is 2.72. The van der Waals surface area contributed by atoms with Crippen LogP contribution in [0.25, 0.3) is 5.76 Å². The average molecular weight is 563 g/mol. The molecule has 0 bridgehead atoms. The van der Waals surface area contributed by atoms with E-state index < -0.39 is 23.5 Å². The summed E-state index contributed by atoms with van der Waals surface area (Å²) < 4.78 is 21.5. The molecule has 2 aliphatic rings. The number of amides is 1. The fraction of sp³-hybridized carbons (Fsp3) is 0.154. The minimum absolute atomic E-state index is 0.00732. The number of nitrogens with zero attached hydrogens (tertiary/aromatic N) is 1. The molecule has 0 saturated carbocycles. The van der Waals surface area contributed by atoms with Gasteiger partial charge in [0.05, 0.1) is 36.4 Å². The number of Topliss-reactive ketones (excluding diaryl/α,β-unsaturated/α-hetero) is 1. The molecular weight excluding hydrogens is 545 g/mol. The molecule has 3 aromatic carbocycles. The zero-order valence-corrected chi connectivity index (χ0v) is 21.6. The molecule has 1 atom stereocenters. The van der Waals surface area contributed by atoms with E-state index in [2.05, 4.69) is 0 Å². The molecule has 2 aliphatic heterocycles. The monoisotopic (exact) mass is 561 g/mol. The van der Waals surface area contributed by atoms with E-state index in [4.69, 9.17) is 53.8 Å². The van der Waals surface area contributed by atoms with Gasteiger partial charge in [0.2, 0.25) is 6.79 Å². The molecule has 0 radical (unpaired) electrons. The van der Waals surface area contributed by atoms with Crippen molar-refractivity contribution < 1.29 is 33.6 Å². The van der Waals surface area contributed by atoms with Crippen molar-refractivity contribution in [2.45, 2.75) is 6.04 Å². The summed E-state index contributed by atoms with van der Waals surface area (Å²) in [5.41, 5.74) is 0.706. The molecule has 37 heavy (non-hydrogen) atoms. The Bertz CT molecular complexity index is 1470. The Morgan fingerprint density at radius 2 is 1.62 bits per heavy atom. The van der Waals surface area contributed by atoms with Gasteiger partial charge in [-0.15, -0.1) is 0 Å². The molecule has 1 N–H and O–H groups in total. The molecule has 190 valence electrons. The maximum Gasteiger partial charge on any atom is 0.300 e. The number of benzene rings is 3. The number of methoxy groups -OCH3 is 2. The van der Waals surface area contributed by atoms with Crippen LogP contribution in [0.4, 0.5) is 5.69 Å². The first-order chi connectivity index (χ1) is 17.8. The number of carbonyl (C=O) groups is 2. The number of aliphatic hydroxyl groups excluding tert-OH is 1. The van der Waals surface area contributed by atoms with E-state index in [1.54, 1.807) is 42.5 Å². The van der Waals surface area contributed by atoms with Gasteiger partial charge < -0.3 is 24.1 Å². The predicted octanol–water partition coefficient (Wildman–Crippen LogP) is 6.02. The van der Waals surface area contributed by atoms with Gasteiger partial charge in [-0.3, -0.25) is 14.5 Å². The lowest BCUT2D eigenvalue weighted by Gasteiger charge is -2.26. The van der Waals surface area contributed by atoms with Crippen LogP contribution in [-0.4, -0.2) is 37.8 Å². The summed E-state index contributed by atoms with van der Waals surface area (Å²) in [6, 6.07) is 11.8. The number of hydrogen-bond donors (Lipinski definition) is 1. The van der Waals surface area contributed by atoms with Gasteiger partial charge in [-0.25, -0.2) is 0 Å². The van der Waals surface area contributed by atoms with Crippen LogP contribution in [0.2, 0.25) is 15.1 Å². The largest absolute Gasteiger partial charge is 0.507 e. The zero-order valence-electron chi connectivity index (χ0n) is 19.4. The van der Waals surface area contributed by atoms with Crippen LogP contribution in [0.15, 0.2) is 54.1 Å². The van der Waals surface area contributed by atoms with Gasteiger partial charge in [0, 0.05) is 16.8 Å². The third kappa shape index (κ3) is 4.11. The van der Waals surface area contributed by atoms with E-state index in [1.807, 2.05) is 0 Å². The molecule has 1 fully saturated rings. The van der Waals surface area contributed by atoms with Crippen molar-refractivity contribution in [3.05, 3.63) is 80.3 Å². The number of ketones is 1. The summed E-state index contributed by atoms with van der Waals surface area (Å²) in [6.45, 7) is 0.0387. The highest BCUT2D eigenvalue weighted by Gasteiger charge is 2.47. The van der Waals surface area contributed by atoms with Gasteiger partial charge in [0.1, 0.15) is 10.8 Å². The Kier molecular flexibility index (Phi) is 6.58. The van der Waals surface area contributed by atoms with Crippen LogP contribution in [0.1, 0.15) is 17.2 Å². The average Bonchev–Trinajstić information content (AvgIpc) is 3.46. The fourth-order valence-corrected chi connectivity index (χ4v) is 5.20. The number of aliphatic hydroxyl groups is 1. The lowest BCUT2D eigenvalue weighted by molar-refractivity contribution is -0.132. The second-order valence-electron chi connectivity index (χ2n) is 8.04. The second-order valence-corrected chi connectivity index (χ2v) is 9.27. The highest BCUT2D eigenvalue weighted by atomic mass is 35.5. The summed E-state index contributed by atoms with van der Waals surface area (Å²) in [5.74, 6) is -1.22. The van der Waals surface area contributed by atoms with Gasteiger partial charge in [0.25, 0.3) is 11.7 Å². The second kappa shape index (κ2) is 9.70. The van der Waals surface area contributed by atoms with E-state index in [9.17, 15) is 14.7 Å². The smallest absolute Gasteiger partial charge is 0.300 e. The van der Waals surface area contributed by atoms with Crippen molar-refractivity contribution in [1.29, 1.82) is 0 Å². The van der Waals surface area contributed by atoms with Gasteiger partial charge >= 0.3 is 0 Å². The standard InChI is InChI=1S/C26H18Cl3NO7/c1-34-24-15(10-16(28)25(35-2)20(24)29)22(31)19-21(12-3-5-13(27)6-4-12)30(26(33)23(19)32)14-7-8-17-18(9-14)37-11-36-17/h3-10,21,31H,11H2,1-2H3/b22-19+. The molecule has 0 aliphatic carbocycles. The van der Waals surface area contributed by atoms with Crippen LogP contribution < -0.4 is 23.8 Å². The van der Waals surface area contributed by atoms with Crippen molar-refractivity contribution >= 4 is 57.9 Å². The molecule has 5 rings (SSSR count). The zero-order chi connectivity index (χ0) is 26.4. The van der Waals surface area contributed by atoms with Crippen molar-refractivity contribution in [3.63, 3.8) is 0 Å². The third-order valence-corrected chi connectivity index (χ3v) is 6.94. The molecule has 0 aromatic heterocycles. The Balaban J connectivity index is 1.75. The lowest BCUT2D eigenvalue weighted by Crippen LogP contribution is -2.29. The molecule has 1 unspecified atom stereocenters. The highest BCUT2D eigenvalue weighted by molar-refractivity contribution is 6.52. The first-order valence-electron chi connectivity index (χ1n) is 10.8. The van der Waals surface area contributed by atoms with Crippen molar-refractivity contribution in [2.75, 3.05) is 25.9 Å². The highest BCUT2D eigenvalue weighted by Crippen LogP contribution is 2.49. The minimum Gasteiger partial charge on any atom is -0.507 e. The van der Waals surface area contributed by atoms with Gasteiger partial charge in [-0.05, 0) is 35.9 Å². The van der Waals surface area contributed by atoms with Crippen molar-refractivity contribution in [2.24, 2.45) is 0 Å². The number of fused-ring (bicyclic) bond motifs is 1. The van der Waals surface area contributed by atoms with E-state index in [0.717, 1.165) is 0 Å². The van der Waals surface area contributed by atoms with Gasteiger partial charge in [-0.2, -0.15) is 0 Å². The molecule has 8 nitrogen and oxygen atoms in total. The van der Waals surface area contributed by atoms with Crippen LogP contribution in [0.3, 0.4) is 0 Å². The van der Waals surface area contributed by atoms with Crippen LogP contribution >= 0.6 is 34.8 Å². The van der Waals surface area contributed by atoms with E-state index in [1.165, 1.54) is 25.2 Å². The summed E-state index contributed by atoms with van der Waals surface area (Å²) in [4.78, 5) is 28.2. The summed E-state index contributed by atoms with van der Waals surface area (Å²) >= 11 is 18.8. The normalized spacial score (nSPS) is 17.9. The number of carbonyl (C=O) groups excluding carboxylic acids is 2. The van der Waals surface area contributed by atoms with Crippen LogP contribution in [0, 0.1) is 0 Å². The van der Waals surface area contributed by atoms with Crippen molar-refractivity contribution in [1.82, 2.24) is 0 Å². The Morgan fingerprint density at radius 3 is 2.30 bits per heavy atom. The summed E-state index contributed by atoms with van der Waals surface area (Å²) in [6.07, 6.45) is 0. The number of ether oxygens (including phenoxy) is 4. The molecule has 2 heterocycles. The van der Waals surface area contributed by atoms with E-state index >= 15 is 0 Å². The van der Waals surface area contributed by atoms with E-state index in [-0.39, 0.29) is 39.5 Å². The number of halogens is 3. The molecule has 1 amide bonds. The summed E-state index contributed by atoms with van der Waals surface area (Å²) in [5, 5.41) is 12.0. The number of hydrogen-bond acceptors (Lipinski definition) is 7. The quantitative estimate of drug-likeness (QED) is 0.231. The fourth-order valence-electron chi connectivity index (χ4n) is 4.39. The minimum atomic E-state index is -1.03. The molecular formula is C26H18Cl3NO7. The van der Waals surface area contributed by atoms with Crippen LogP contribution in [-0.2, 0) is 9.59 Å². The van der Waals surface area contributed by atoms with E-state index in [0.29, 0.717) is 27.8 Å². The maximum atomic E-state index is 13.5. The third-order valence-electron chi connectivity index (χ3n) is 6.06. The van der Waals surface area contributed by atoms with Gasteiger partial charge in [-0.1, -0.05) is 46.9 Å². The van der Waals surface area contributed by atoms with Crippen molar-refractivity contribution in [3.8, 4) is 23.0 Å². The Hall–Kier alpha value is -3.59. The SMILES string of the molecule is COc1c(Cl)cc(/C(O)=C2\C(=O)C(=O)N(c3ccc4c(c3)OCO4)C2c2ccc(Cl)cc2)c(OC)c1Cl. The molecule has 11 heteroatoms. The Labute approximate surface area is 226 Å². The predicted molar refractivity (Wildman–Crippen MR) is 138 cm³/mol. The topological polar surface area (TPSA) is 94.5 Å². The molecule has 1 saturated heterocycles.